The number of piperidine rings is 1. The molecule has 1 aliphatic heterocycles. The Hall–Kier alpha value is -2.90. The minimum Gasteiger partial charge on any atom is -0.496 e. The molecule has 3 aromatic rings. The summed E-state index contributed by atoms with van der Waals surface area (Å²) in [6, 6.07) is 24.2. The molecule has 36 heavy (non-hydrogen) atoms. The standard InChI is InChI=1S/C30H37NO5/c1-22-17-24(9-14-28(22)33-2)21-36-29-19-31-18-27(32)30(29)25-10-12-26(13-11-25)35-16-6-15-34-20-23-7-4-3-5-8-23/h3-5,7-14,17,27,29-32H,6,15-16,18-21H2,1-2H3. The molecule has 0 aromatic heterocycles. The Morgan fingerprint density at radius 1 is 0.889 bits per heavy atom. The average Bonchev–Trinajstić information content (AvgIpc) is 2.90. The molecule has 1 saturated heterocycles. The molecule has 4 rings (SSSR count). The van der Waals surface area contributed by atoms with Crippen LogP contribution in [0.15, 0.2) is 72.8 Å². The second kappa shape index (κ2) is 13.4. The summed E-state index contributed by atoms with van der Waals surface area (Å²) in [5, 5.41) is 14.1. The molecule has 3 aromatic carbocycles. The summed E-state index contributed by atoms with van der Waals surface area (Å²) in [5.41, 5.74) is 4.40. The smallest absolute Gasteiger partial charge is 0.121 e. The van der Waals surface area contributed by atoms with Crippen molar-refractivity contribution >= 4 is 0 Å². The normalized spacial score (nSPS) is 19.7. The molecular formula is C30H37NO5. The minimum absolute atomic E-state index is 0.106. The highest BCUT2D eigenvalue weighted by Crippen LogP contribution is 2.30. The third-order valence-electron chi connectivity index (χ3n) is 6.52. The van der Waals surface area contributed by atoms with Crippen LogP contribution in [0.25, 0.3) is 0 Å². The van der Waals surface area contributed by atoms with Crippen LogP contribution in [0.4, 0.5) is 0 Å². The van der Waals surface area contributed by atoms with Gasteiger partial charge in [0.2, 0.25) is 0 Å². The van der Waals surface area contributed by atoms with Gasteiger partial charge in [-0.25, -0.2) is 0 Å². The van der Waals surface area contributed by atoms with Crippen LogP contribution in [0.1, 0.15) is 34.6 Å². The van der Waals surface area contributed by atoms with E-state index in [0.29, 0.717) is 39.5 Å². The molecule has 1 heterocycles. The number of rotatable bonds is 12. The Labute approximate surface area is 214 Å². The van der Waals surface area contributed by atoms with E-state index in [0.717, 1.165) is 34.6 Å². The highest BCUT2D eigenvalue weighted by molar-refractivity contribution is 5.36. The number of benzene rings is 3. The fourth-order valence-electron chi connectivity index (χ4n) is 4.61. The topological polar surface area (TPSA) is 69.2 Å². The van der Waals surface area contributed by atoms with Crippen LogP contribution in [0.5, 0.6) is 11.5 Å². The molecule has 1 fully saturated rings. The van der Waals surface area contributed by atoms with Crippen LogP contribution in [0, 0.1) is 6.92 Å². The number of ether oxygens (including phenoxy) is 4. The number of hydrogen-bond donors (Lipinski definition) is 2. The van der Waals surface area contributed by atoms with Crippen molar-refractivity contribution in [1.29, 1.82) is 0 Å². The quantitative estimate of drug-likeness (QED) is 0.360. The van der Waals surface area contributed by atoms with Gasteiger partial charge >= 0.3 is 0 Å². The summed E-state index contributed by atoms with van der Waals surface area (Å²) in [7, 11) is 1.68. The van der Waals surface area contributed by atoms with Gasteiger partial charge in [-0.05, 0) is 47.4 Å². The van der Waals surface area contributed by atoms with E-state index in [1.165, 1.54) is 5.56 Å². The molecule has 3 unspecified atom stereocenters. The summed E-state index contributed by atoms with van der Waals surface area (Å²) < 4.78 is 23.3. The van der Waals surface area contributed by atoms with Crippen LogP contribution in [0.3, 0.4) is 0 Å². The molecule has 6 nitrogen and oxygen atoms in total. The van der Waals surface area contributed by atoms with Gasteiger partial charge in [-0.3, -0.25) is 0 Å². The lowest BCUT2D eigenvalue weighted by Crippen LogP contribution is -2.49. The van der Waals surface area contributed by atoms with E-state index in [1.807, 2.05) is 61.5 Å². The van der Waals surface area contributed by atoms with Gasteiger partial charge in [0.05, 0.1) is 45.7 Å². The maximum atomic E-state index is 10.8. The van der Waals surface area contributed by atoms with Crippen LogP contribution in [-0.4, -0.2) is 50.7 Å². The van der Waals surface area contributed by atoms with Gasteiger partial charge < -0.3 is 29.4 Å². The number of hydrogen-bond acceptors (Lipinski definition) is 6. The van der Waals surface area contributed by atoms with Gasteiger partial charge in [-0.2, -0.15) is 0 Å². The number of aliphatic hydroxyl groups excluding tert-OH is 1. The zero-order valence-corrected chi connectivity index (χ0v) is 21.2. The summed E-state index contributed by atoms with van der Waals surface area (Å²) in [5.74, 6) is 1.58. The van der Waals surface area contributed by atoms with E-state index < -0.39 is 6.10 Å². The minimum atomic E-state index is -0.519. The Balaban J connectivity index is 1.26. The molecule has 3 atom stereocenters. The number of nitrogens with one attached hydrogen (secondary N) is 1. The summed E-state index contributed by atoms with van der Waals surface area (Å²) in [6.07, 6.45) is 0.169. The molecule has 192 valence electrons. The van der Waals surface area contributed by atoms with Gasteiger partial charge in [0.25, 0.3) is 0 Å². The van der Waals surface area contributed by atoms with E-state index in [9.17, 15) is 5.11 Å². The molecule has 0 aliphatic carbocycles. The monoisotopic (exact) mass is 491 g/mol. The zero-order chi connectivity index (χ0) is 25.2. The Bertz CT molecular complexity index is 1060. The van der Waals surface area contributed by atoms with Crippen molar-refractivity contribution in [2.24, 2.45) is 0 Å². The van der Waals surface area contributed by atoms with Gasteiger partial charge in [0.15, 0.2) is 0 Å². The SMILES string of the molecule is COc1ccc(COC2CNCC(O)C2c2ccc(OCCCOCc3ccccc3)cc2)cc1C. The van der Waals surface area contributed by atoms with E-state index in [-0.39, 0.29) is 12.0 Å². The maximum absolute atomic E-state index is 10.8. The first kappa shape index (κ1) is 26.2. The van der Waals surface area contributed by atoms with Crippen LogP contribution in [0.2, 0.25) is 0 Å². The zero-order valence-electron chi connectivity index (χ0n) is 21.2. The van der Waals surface area contributed by atoms with Crippen molar-refractivity contribution < 1.29 is 24.1 Å². The first-order valence-corrected chi connectivity index (χ1v) is 12.6. The lowest BCUT2D eigenvalue weighted by atomic mass is 9.85. The second-order valence-electron chi connectivity index (χ2n) is 9.21. The summed E-state index contributed by atoms with van der Waals surface area (Å²) in [6.45, 7) is 5.62. The second-order valence-corrected chi connectivity index (χ2v) is 9.21. The summed E-state index contributed by atoms with van der Waals surface area (Å²) in [4.78, 5) is 0. The molecule has 2 N–H and O–H groups in total. The third-order valence-corrected chi connectivity index (χ3v) is 6.52. The average molecular weight is 492 g/mol. The Morgan fingerprint density at radius 3 is 2.44 bits per heavy atom. The predicted octanol–water partition coefficient (Wildman–Crippen LogP) is 4.62. The Kier molecular flexibility index (Phi) is 9.76. The number of aliphatic hydroxyl groups is 1. The van der Waals surface area contributed by atoms with Crippen LogP contribution >= 0.6 is 0 Å². The van der Waals surface area contributed by atoms with Crippen LogP contribution in [-0.2, 0) is 22.7 Å². The van der Waals surface area contributed by atoms with Crippen molar-refractivity contribution in [3.8, 4) is 11.5 Å². The fraction of sp³-hybridized carbons (Fsp3) is 0.400. The van der Waals surface area contributed by atoms with Gasteiger partial charge in [-0.1, -0.05) is 54.6 Å². The van der Waals surface area contributed by atoms with Crippen molar-refractivity contribution in [3.05, 3.63) is 95.1 Å². The van der Waals surface area contributed by atoms with E-state index >= 15 is 0 Å². The third kappa shape index (κ3) is 7.31. The largest absolute Gasteiger partial charge is 0.496 e. The molecule has 0 radical (unpaired) electrons. The molecule has 6 heteroatoms. The van der Waals surface area contributed by atoms with E-state index in [4.69, 9.17) is 18.9 Å². The highest BCUT2D eigenvalue weighted by Gasteiger charge is 2.34. The van der Waals surface area contributed by atoms with Crippen molar-refractivity contribution in [3.63, 3.8) is 0 Å². The fourth-order valence-corrected chi connectivity index (χ4v) is 4.61. The molecule has 0 saturated carbocycles. The molecule has 0 spiro atoms. The first-order chi connectivity index (χ1) is 17.6. The lowest BCUT2D eigenvalue weighted by molar-refractivity contribution is -0.0328. The maximum Gasteiger partial charge on any atom is 0.121 e. The molecular weight excluding hydrogens is 454 g/mol. The number of β-amino-alcohol motifs (C(OH)–C–C–N with tert-alkyl or cyclic N) is 1. The first-order valence-electron chi connectivity index (χ1n) is 12.6. The predicted molar refractivity (Wildman–Crippen MR) is 141 cm³/mol. The number of aryl methyl sites for hydroxylation is 1. The molecule has 0 bridgehead atoms. The van der Waals surface area contributed by atoms with Crippen molar-refractivity contribution in [2.75, 3.05) is 33.4 Å². The molecule has 1 aliphatic rings. The van der Waals surface area contributed by atoms with Crippen LogP contribution < -0.4 is 14.8 Å². The molecule has 0 amide bonds. The Morgan fingerprint density at radius 2 is 1.69 bits per heavy atom. The number of methoxy groups -OCH3 is 1. The lowest BCUT2D eigenvalue weighted by Gasteiger charge is -2.36. The van der Waals surface area contributed by atoms with Gasteiger partial charge in [0, 0.05) is 25.4 Å². The van der Waals surface area contributed by atoms with E-state index in [2.05, 4.69) is 23.5 Å². The van der Waals surface area contributed by atoms with E-state index in [1.54, 1.807) is 7.11 Å². The van der Waals surface area contributed by atoms with Crippen molar-refractivity contribution in [2.45, 2.75) is 44.7 Å². The van der Waals surface area contributed by atoms with Gasteiger partial charge in [0.1, 0.15) is 11.5 Å². The van der Waals surface area contributed by atoms with Gasteiger partial charge in [-0.15, -0.1) is 0 Å². The highest BCUT2D eigenvalue weighted by atomic mass is 16.5. The summed E-state index contributed by atoms with van der Waals surface area (Å²) >= 11 is 0. The van der Waals surface area contributed by atoms with Crippen molar-refractivity contribution in [1.82, 2.24) is 5.32 Å².